The molecule has 4 rings (SSSR count). The van der Waals surface area contributed by atoms with Crippen LogP contribution in [-0.2, 0) is 14.8 Å². The van der Waals surface area contributed by atoms with Gasteiger partial charge in [0.15, 0.2) is 0 Å². The van der Waals surface area contributed by atoms with Crippen LogP contribution in [0.15, 0.2) is 28.5 Å². The van der Waals surface area contributed by atoms with Crippen LogP contribution in [0.5, 0.6) is 0 Å². The Bertz CT molecular complexity index is 1060. The van der Waals surface area contributed by atoms with E-state index in [0.717, 1.165) is 42.4 Å². The van der Waals surface area contributed by atoms with Crippen molar-refractivity contribution in [1.82, 2.24) is 14.5 Å². The fourth-order valence-corrected chi connectivity index (χ4v) is 7.61. The van der Waals surface area contributed by atoms with Gasteiger partial charge in [0.1, 0.15) is 10.3 Å². The Morgan fingerprint density at radius 3 is 2.52 bits per heavy atom. The number of hydrogen-bond acceptors (Lipinski definition) is 5. The number of thiophene rings is 1. The lowest BCUT2D eigenvalue weighted by atomic mass is 9.90. The van der Waals surface area contributed by atoms with Gasteiger partial charge in [-0.15, -0.1) is 11.3 Å². The Hall–Kier alpha value is -1.19. The quantitative estimate of drug-likeness (QED) is 0.699. The molecule has 2 atom stereocenters. The molecule has 0 bridgehead atoms. The van der Waals surface area contributed by atoms with Gasteiger partial charge >= 0.3 is 0 Å². The second-order valence-electron chi connectivity index (χ2n) is 9.01. The first-order valence-electron chi connectivity index (χ1n) is 10.9. The third-order valence-corrected chi connectivity index (χ3v) is 9.87. The number of nitrogens with one attached hydrogen (secondary N) is 1. The number of rotatable bonds is 5. The van der Waals surface area contributed by atoms with Crippen molar-refractivity contribution in [3.63, 3.8) is 0 Å². The van der Waals surface area contributed by atoms with E-state index < -0.39 is 16.1 Å². The lowest BCUT2D eigenvalue weighted by Crippen LogP contribution is -2.60. The number of benzene rings is 1. The number of hydrogen-bond donors (Lipinski definition) is 1. The summed E-state index contributed by atoms with van der Waals surface area (Å²) in [5.74, 6) is -0.132. The maximum absolute atomic E-state index is 13.3. The van der Waals surface area contributed by atoms with Crippen LogP contribution in [-0.4, -0.2) is 61.9 Å². The Balaban J connectivity index is 1.50. The molecule has 0 unspecified atom stereocenters. The van der Waals surface area contributed by atoms with Crippen LogP contribution >= 0.6 is 22.9 Å². The summed E-state index contributed by atoms with van der Waals surface area (Å²) in [7, 11) is -3.80. The SMILES string of the molecule is CC(C)N1CCC(N2CC[C@@H](C)[C@H](NS(=O)(=O)c3cc4ccc(Cl)cc4s3)C2=O)CC1. The summed E-state index contributed by atoms with van der Waals surface area (Å²) < 4.78 is 30.0. The number of nitrogens with zero attached hydrogens (tertiary/aromatic N) is 2. The zero-order valence-electron chi connectivity index (χ0n) is 18.2. The van der Waals surface area contributed by atoms with Crippen LogP contribution in [0.1, 0.15) is 40.0 Å². The fraction of sp³-hybridized carbons (Fsp3) is 0.591. The molecule has 2 aromatic rings. The number of carbonyl (C=O) groups excluding carboxylic acids is 1. The number of likely N-dealkylation sites (tertiary alicyclic amines) is 2. The van der Waals surface area contributed by atoms with Gasteiger partial charge in [0, 0.05) is 41.4 Å². The van der Waals surface area contributed by atoms with Crippen molar-refractivity contribution in [1.29, 1.82) is 0 Å². The minimum absolute atomic E-state index is 0.0434. The summed E-state index contributed by atoms with van der Waals surface area (Å²) in [5.41, 5.74) is 0. The Kier molecular flexibility index (Phi) is 6.66. The smallest absolute Gasteiger partial charge is 0.250 e. The van der Waals surface area contributed by atoms with Gasteiger partial charge in [0.2, 0.25) is 5.91 Å². The molecule has 0 aliphatic carbocycles. The first kappa shape index (κ1) is 23.0. The van der Waals surface area contributed by atoms with Crippen LogP contribution in [0.25, 0.3) is 10.1 Å². The van der Waals surface area contributed by atoms with Crippen LogP contribution < -0.4 is 4.72 Å². The number of halogens is 1. The number of sulfonamides is 1. The van der Waals surface area contributed by atoms with Gasteiger partial charge in [-0.1, -0.05) is 24.6 Å². The molecule has 2 saturated heterocycles. The third kappa shape index (κ3) is 4.78. The van der Waals surface area contributed by atoms with E-state index in [9.17, 15) is 13.2 Å². The summed E-state index contributed by atoms with van der Waals surface area (Å²) in [6.45, 7) is 8.99. The van der Waals surface area contributed by atoms with E-state index >= 15 is 0 Å². The van der Waals surface area contributed by atoms with Crippen molar-refractivity contribution in [2.75, 3.05) is 19.6 Å². The first-order chi connectivity index (χ1) is 14.7. The fourth-order valence-electron chi connectivity index (χ4n) is 4.62. The number of fused-ring (bicyclic) bond motifs is 1. The Morgan fingerprint density at radius 2 is 1.84 bits per heavy atom. The summed E-state index contributed by atoms with van der Waals surface area (Å²) in [5, 5.41) is 1.40. The molecule has 1 N–H and O–H groups in total. The molecule has 170 valence electrons. The van der Waals surface area contributed by atoms with Crippen LogP contribution in [0.4, 0.5) is 0 Å². The van der Waals surface area contributed by atoms with Crippen LogP contribution in [0.2, 0.25) is 5.02 Å². The molecule has 2 aliphatic heterocycles. The average molecular weight is 484 g/mol. The number of amides is 1. The Labute approximate surface area is 193 Å². The minimum Gasteiger partial charge on any atom is -0.338 e. The molecule has 0 saturated carbocycles. The number of piperidine rings is 2. The minimum atomic E-state index is -3.80. The van der Waals surface area contributed by atoms with E-state index in [-0.39, 0.29) is 22.1 Å². The lowest BCUT2D eigenvalue weighted by molar-refractivity contribution is -0.141. The molecule has 3 heterocycles. The van der Waals surface area contributed by atoms with Gasteiger partial charge in [0.25, 0.3) is 10.0 Å². The monoisotopic (exact) mass is 483 g/mol. The van der Waals surface area contributed by atoms with E-state index in [1.54, 1.807) is 18.2 Å². The zero-order valence-corrected chi connectivity index (χ0v) is 20.6. The van der Waals surface area contributed by atoms with Crippen molar-refractivity contribution >= 4 is 49.0 Å². The lowest BCUT2D eigenvalue weighted by Gasteiger charge is -2.44. The molecule has 31 heavy (non-hydrogen) atoms. The summed E-state index contributed by atoms with van der Waals surface area (Å²) in [6, 6.07) is 6.94. The van der Waals surface area contributed by atoms with Crippen molar-refractivity contribution < 1.29 is 13.2 Å². The normalized spacial score (nSPS) is 24.4. The molecule has 2 fully saturated rings. The molecule has 0 radical (unpaired) electrons. The van der Waals surface area contributed by atoms with Gasteiger partial charge in [-0.2, -0.15) is 4.72 Å². The second-order valence-corrected chi connectivity index (χ2v) is 12.5. The van der Waals surface area contributed by atoms with Crippen molar-refractivity contribution in [3.8, 4) is 0 Å². The summed E-state index contributed by atoms with van der Waals surface area (Å²) >= 11 is 7.22. The van der Waals surface area contributed by atoms with Gasteiger partial charge in [-0.05, 0) is 62.6 Å². The summed E-state index contributed by atoms with van der Waals surface area (Å²) in [4.78, 5) is 17.7. The largest absolute Gasteiger partial charge is 0.338 e. The maximum atomic E-state index is 13.3. The third-order valence-electron chi connectivity index (χ3n) is 6.62. The topological polar surface area (TPSA) is 69.7 Å². The van der Waals surface area contributed by atoms with E-state index in [1.807, 2.05) is 17.9 Å². The highest BCUT2D eigenvalue weighted by molar-refractivity contribution is 7.91. The highest BCUT2D eigenvalue weighted by Crippen LogP contribution is 2.32. The van der Waals surface area contributed by atoms with Gasteiger partial charge in [-0.25, -0.2) is 8.42 Å². The molecule has 0 spiro atoms. The van der Waals surface area contributed by atoms with Gasteiger partial charge in [-0.3, -0.25) is 4.79 Å². The number of carbonyl (C=O) groups is 1. The van der Waals surface area contributed by atoms with Crippen LogP contribution in [0.3, 0.4) is 0 Å². The maximum Gasteiger partial charge on any atom is 0.250 e. The highest BCUT2D eigenvalue weighted by atomic mass is 35.5. The molecular formula is C22H30ClN3O3S2. The van der Waals surface area contributed by atoms with Crippen LogP contribution in [0, 0.1) is 5.92 Å². The zero-order chi connectivity index (χ0) is 22.3. The predicted molar refractivity (Wildman–Crippen MR) is 126 cm³/mol. The molecular weight excluding hydrogens is 454 g/mol. The predicted octanol–water partition coefficient (Wildman–Crippen LogP) is 3.94. The first-order valence-corrected chi connectivity index (χ1v) is 13.6. The van der Waals surface area contributed by atoms with Gasteiger partial charge < -0.3 is 9.80 Å². The average Bonchev–Trinajstić information content (AvgIpc) is 3.15. The molecule has 6 nitrogen and oxygen atoms in total. The van der Waals surface area contributed by atoms with E-state index in [0.29, 0.717) is 17.6 Å². The van der Waals surface area contributed by atoms with Gasteiger partial charge in [0.05, 0.1) is 0 Å². The van der Waals surface area contributed by atoms with E-state index in [4.69, 9.17) is 11.6 Å². The molecule has 9 heteroatoms. The van der Waals surface area contributed by atoms with E-state index in [1.165, 1.54) is 11.3 Å². The highest BCUT2D eigenvalue weighted by Gasteiger charge is 2.40. The van der Waals surface area contributed by atoms with Crippen molar-refractivity contribution in [2.45, 2.75) is 62.4 Å². The standard InChI is InChI=1S/C22H30ClN3O3S2/c1-14(2)25-9-7-18(8-10-25)26-11-6-15(3)21(22(26)27)24-31(28,29)20-12-16-4-5-17(23)13-19(16)30-20/h4-5,12-15,18,21,24H,6-11H2,1-3H3/t15-,21+/m1/s1. The molecule has 1 amide bonds. The summed E-state index contributed by atoms with van der Waals surface area (Å²) in [6.07, 6.45) is 2.68. The Morgan fingerprint density at radius 1 is 1.13 bits per heavy atom. The molecule has 1 aromatic heterocycles. The molecule has 1 aromatic carbocycles. The molecule has 2 aliphatic rings. The van der Waals surface area contributed by atoms with E-state index in [2.05, 4.69) is 23.5 Å². The van der Waals surface area contributed by atoms with Crippen molar-refractivity contribution in [3.05, 3.63) is 29.3 Å². The second kappa shape index (κ2) is 8.98. The van der Waals surface area contributed by atoms with Crippen molar-refractivity contribution in [2.24, 2.45) is 5.92 Å².